The Kier molecular flexibility index (Phi) is 7.24. The maximum absolute atomic E-state index is 13.5. The molecule has 5 rings (SSSR count). The van der Waals surface area contributed by atoms with Gasteiger partial charge in [-0.15, -0.1) is 0 Å². The molecule has 1 unspecified atom stereocenters. The van der Waals surface area contributed by atoms with Crippen molar-refractivity contribution < 1.29 is 26.4 Å². The summed E-state index contributed by atoms with van der Waals surface area (Å²) in [6, 6.07) is 21.0. The second kappa shape index (κ2) is 10.6. The molecule has 6 nitrogen and oxygen atoms in total. The summed E-state index contributed by atoms with van der Waals surface area (Å²) in [6.45, 7) is 3.50. The summed E-state index contributed by atoms with van der Waals surface area (Å²) >= 11 is -2.42. The van der Waals surface area contributed by atoms with E-state index in [4.69, 9.17) is 9.40 Å². The highest BCUT2D eigenvalue weighted by Crippen LogP contribution is 2.39. The van der Waals surface area contributed by atoms with Gasteiger partial charge in [-0.2, -0.15) is 13.2 Å². The minimum absolute atomic E-state index is 0.120. The van der Waals surface area contributed by atoms with Gasteiger partial charge in [0, 0.05) is 28.6 Å². The number of rotatable bonds is 7. The van der Waals surface area contributed by atoms with Crippen LogP contribution in [0.1, 0.15) is 30.8 Å². The summed E-state index contributed by atoms with van der Waals surface area (Å²) in [5.74, 6) is 1.14. The van der Waals surface area contributed by atoms with Crippen molar-refractivity contribution >= 4 is 11.1 Å². The second-order valence-corrected chi connectivity index (χ2v) is 9.88. The second-order valence-electron chi connectivity index (χ2n) is 8.94. The average molecular weight is 551 g/mol. The molecule has 0 saturated carbocycles. The molecule has 0 saturated heterocycles. The van der Waals surface area contributed by atoms with Crippen molar-refractivity contribution in [3.63, 3.8) is 0 Å². The van der Waals surface area contributed by atoms with Crippen molar-refractivity contribution in [1.29, 1.82) is 0 Å². The molecule has 2 aromatic heterocycles. The molecule has 3 aromatic carbocycles. The van der Waals surface area contributed by atoms with E-state index in [9.17, 15) is 21.9 Å². The maximum atomic E-state index is 13.5. The SMILES string of the molecule is CCCc1nc(-c2cc(-c3cccc(S(=O)[O-])c3)ccc2-n2cc(C(F)(F)F)nc2C)c(-c2ccccc2)o1. The minimum atomic E-state index is -4.61. The number of benzene rings is 3. The monoisotopic (exact) mass is 550 g/mol. The largest absolute Gasteiger partial charge is 0.768 e. The van der Waals surface area contributed by atoms with E-state index >= 15 is 0 Å². The van der Waals surface area contributed by atoms with Gasteiger partial charge in [0.15, 0.2) is 17.3 Å². The highest BCUT2D eigenvalue weighted by molar-refractivity contribution is 7.79. The van der Waals surface area contributed by atoms with Crippen LogP contribution >= 0.6 is 0 Å². The number of alkyl halides is 3. The van der Waals surface area contributed by atoms with Crippen LogP contribution in [0.5, 0.6) is 0 Å². The molecule has 0 N–H and O–H groups in total. The highest BCUT2D eigenvalue weighted by atomic mass is 32.2. The molecule has 0 amide bonds. The van der Waals surface area contributed by atoms with Crippen molar-refractivity contribution in [2.45, 2.75) is 37.8 Å². The minimum Gasteiger partial charge on any atom is -0.768 e. The van der Waals surface area contributed by atoms with E-state index in [1.165, 1.54) is 23.6 Å². The van der Waals surface area contributed by atoms with E-state index in [1.807, 2.05) is 37.3 Å². The lowest BCUT2D eigenvalue weighted by atomic mass is 9.98. The summed E-state index contributed by atoms with van der Waals surface area (Å²) in [4.78, 5) is 8.64. The van der Waals surface area contributed by atoms with Gasteiger partial charge in [-0.05, 0) is 59.8 Å². The topological polar surface area (TPSA) is 84.0 Å². The smallest absolute Gasteiger partial charge is 0.434 e. The molecule has 0 spiro atoms. The Labute approximate surface area is 225 Å². The van der Waals surface area contributed by atoms with Gasteiger partial charge >= 0.3 is 6.18 Å². The zero-order valence-electron chi connectivity index (χ0n) is 21.0. The molecular weight excluding hydrogens is 527 g/mol. The van der Waals surface area contributed by atoms with Gasteiger partial charge in [0.25, 0.3) is 0 Å². The number of hydrogen-bond acceptors (Lipinski definition) is 5. The first-order valence-corrected chi connectivity index (χ1v) is 13.3. The van der Waals surface area contributed by atoms with Crippen molar-refractivity contribution in [1.82, 2.24) is 14.5 Å². The lowest BCUT2D eigenvalue weighted by Crippen LogP contribution is -2.05. The fourth-order valence-corrected chi connectivity index (χ4v) is 4.81. The molecule has 0 radical (unpaired) electrons. The number of aromatic nitrogens is 3. The summed E-state index contributed by atoms with van der Waals surface area (Å²) in [6.07, 6.45) is -2.28. The van der Waals surface area contributed by atoms with Crippen molar-refractivity contribution in [2.24, 2.45) is 0 Å². The number of halogens is 3. The summed E-state index contributed by atoms with van der Waals surface area (Å²) in [5.41, 5.74) is 2.45. The molecule has 0 aliphatic carbocycles. The van der Waals surface area contributed by atoms with Crippen LogP contribution in [0.4, 0.5) is 13.2 Å². The van der Waals surface area contributed by atoms with Gasteiger partial charge < -0.3 is 13.5 Å². The number of aryl methyl sites for hydroxylation is 2. The number of imidazole rings is 1. The van der Waals surface area contributed by atoms with Crippen LogP contribution < -0.4 is 0 Å². The van der Waals surface area contributed by atoms with Crippen molar-refractivity contribution in [2.75, 3.05) is 0 Å². The van der Waals surface area contributed by atoms with Gasteiger partial charge in [0.2, 0.25) is 0 Å². The Bertz CT molecular complexity index is 1660. The van der Waals surface area contributed by atoms with E-state index < -0.39 is 23.0 Å². The van der Waals surface area contributed by atoms with Gasteiger partial charge in [0.05, 0.1) is 5.69 Å². The zero-order chi connectivity index (χ0) is 27.7. The van der Waals surface area contributed by atoms with Crippen molar-refractivity contribution in [3.8, 4) is 39.4 Å². The Balaban J connectivity index is 1.78. The van der Waals surface area contributed by atoms with E-state index in [-0.39, 0.29) is 10.7 Å². The van der Waals surface area contributed by atoms with E-state index in [0.29, 0.717) is 46.1 Å². The Morgan fingerprint density at radius 2 is 1.67 bits per heavy atom. The number of nitrogens with zero attached hydrogens (tertiary/aromatic N) is 3. The van der Waals surface area contributed by atoms with Crippen LogP contribution in [0, 0.1) is 6.92 Å². The van der Waals surface area contributed by atoms with Crippen LogP contribution in [-0.2, 0) is 23.7 Å². The normalized spacial score (nSPS) is 12.6. The lowest BCUT2D eigenvalue weighted by molar-refractivity contribution is -0.141. The third-order valence-corrected chi connectivity index (χ3v) is 6.85. The third kappa shape index (κ3) is 5.43. The standard InChI is InChI=1S/C29H24F3N3O3S/c1-3-8-26-34-27(28(38-26)19-9-5-4-6-10-19)23-16-21(20-11-7-12-22(15-20)39(36)37)13-14-24(23)35-17-25(29(30,31)32)33-18(35)2/h4-7,9-17H,3,8H2,1-2H3,(H,36,37)/p-1. The van der Waals surface area contributed by atoms with E-state index in [2.05, 4.69) is 4.98 Å². The van der Waals surface area contributed by atoms with E-state index in [1.54, 1.807) is 30.3 Å². The molecule has 0 fully saturated rings. The predicted molar refractivity (Wildman–Crippen MR) is 141 cm³/mol. The molecule has 10 heteroatoms. The number of oxazole rings is 1. The fraction of sp³-hybridized carbons (Fsp3) is 0.172. The van der Waals surface area contributed by atoms with Crippen LogP contribution in [0.2, 0.25) is 0 Å². The molecule has 0 aliphatic heterocycles. The first kappa shape index (κ1) is 26.6. The summed E-state index contributed by atoms with van der Waals surface area (Å²) < 4.78 is 71.3. The first-order valence-electron chi connectivity index (χ1n) is 12.2. The summed E-state index contributed by atoms with van der Waals surface area (Å²) in [7, 11) is 0. The molecule has 0 bridgehead atoms. The predicted octanol–water partition coefficient (Wildman–Crippen LogP) is 7.38. The van der Waals surface area contributed by atoms with E-state index in [0.717, 1.165) is 18.2 Å². The summed E-state index contributed by atoms with van der Waals surface area (Å²) in [5, 5.41) is 0. The van der Waals surface area contributed by atoms with Gasteiger partial charge in [0.1, 0.15) is 11.5 Å². The Morgan fingerprint density at radius 1 is 0.949 bits per heavy atom. The molecule has 200 valence electrons. The van der Waals surface area contributed by atoms with Crippen LogP contribution in [0.25, 0.3) is 39.4 Å². The van der Waals surface area contributed by atoms with Gasteiger partial charge in [-0.25, -0.2) is 9.97 Å². The average Bonchev–Trinajstić information content (AvgIpc) is 3.53. The maximum Gasteiger partial charge on any atom is 0.434 e. The molecule has 5 aromatic rings. The quantitative estimate of drug-likeness (QED) is 0.198. The lowest BCUT2D eigenvalue weighted by Gasteiger charge is -2.14. The van der Waals surface area contributed by atoms with Gasteiger partial charge in [-0.3, -0.25) is 4.21 Å². The third-order valence-electron chi connectivity index (χ3n) is 6.22. The fourth-order valence-electron chi connectivity index (χ4n) is 4.40. The highest BCUT2D eigenvalue weighted by Gasteiger charge is 2.35. The van der Waals surface area contributed by atoms with Crippen LogP contribution in [0.3, 0.4) is 0 Å². The molecule has 2 heterocycles. The number of hydrogen-bond donors (Lipinski definition) is 0. The Hall–Kier alpha value is -4.02. The molecule has 1 atom stereocenters. The van der Waals surface area contributed by atoms with Gasteiger partial charge in [-0.1, -0.05) is 55.5 Å². The molecular formula is C29H23F3N3O3S-. The van der Waals surface area contributed by atoms with Crippen LogP contribution in [0.15, 0.2) is 88.3 Å². The molecule has 39 heavy (non-hydrogen) atoms. The van der Waals surface area contributed by atoms with Crippen LogP contribution in [-0.4, -0.2) is 23.3 Å². The zero-order valence-corrected chi connectivity index (χ0v) is 21.8. The Morgan fingerprint density at radius 3 is 2.33 bits per heavy atom. The first-order chi connectivity index (χ1) is 18.7. The van der Waals surface area contributed by atoms with Crippen molar-refractivity contribution in [3.05, 3.63) is 96.4 Å². The molecule has 0 aliphatic rings.